The van der Waals surface area contributed by atoms with Crippen molar-refractivity contribution in [3.8, 4) is 11.4 Å². The van der Waals surface area contributed by atoms with Crippen LogP contribution in [0, 0.1) is 0 Å². The molecule has 0 aliphatic heterocycles. The van der Waals surface area contributed by atoms with Gasteiger partial charge in [0.05, 0.1) is 7.11 Å². The Bertz CT molecular complexity index is 1240. The number of benzene rings is 2. The Morgan fingerprint density at radius 1 is 1.14 bits per heavy atom. The van der Waals surface area contributed by atoms with Crippen LogP contribution in [-0.4, -0.2) is 62.5 Å². The first-order chi connectivity index (χ1) is 17.3. The predicted octanol–water partition coefficient (Wildman–Crippen LogP) is 2.66. The number of carbonyl (C=O) groups excluding carboxylic acids is 3. The van der Waals surface area contributed by atoms with E-state index in [1.807, 2.05) is 24.3 Å². The van der Waals surface area contributed by atoms with Crippen LogP contribution < -0.4 is 5.73 Å². The maximum Gasteiger partial charge on any atom is 0.329 e. The fraction of sp³-hybridized carbons (Fsp3) is 0.346. The summed E-state index contributed by atoms with van der Waals surface area (Å²) >= 11 is 0. The van der Waals surface area contributed by atoms with Crippen LogP contribution in [-0.2, 0) is 25.5 Å². The van der Waals surface area contributed by atoms with Gasteiger partial charge in [0.1, 0.15) is 28.5 Å². The second-order valence-electron chi connectivity index (χ2n) is 8.47. The van der Waals surface area contributed by atoms with E-state index in [2.05, 4.69) is 16.8 Å². The smallest absolute Gasteiger partial charge is 0.329 e. The number of phenols is 1. The number of aryl methyl sites for hydroxylation is 1. The van der Waals surface area contributed by atoms with Gasteiger partial charge in [0.25, 0.3) is 5.91 Å². The van der Waals surface area contributed by atoms with Gasteiger partial charge in [-0.1, -0.05) is 24.8 Å². The Balaban J connectivity index is 1.82. The van der Waals surface area contributed by atoms with E-state index < -0.39 is 23.8 Å². The van der Waals surface area contributed by atoms with Crippen molar-refractivity contribution in [2.75, 3.05) is 13.7 Å². The molecule has 36 heavy (non-hydrogen) atoms. The number of nitrogens with two attached hydrogens (primary N) is 1. The van der Waals surface area contributed by atoms with Crippen molar-refractivity contribution in [2.45, 2.75) is 45.1 Å². The van der Waals surface area contributed by atoms with Crippen LogP contribution in [0.2, 0.25) is 0 Å². The van der Waals surface area contributed by atoms with Crippen LogP contribution >= 0.6 is 0 Å². The maximum atomic E-state index is 13.2. The van der Waals surface area contributed by atoms with Gasteiger partial charge in [0, 0.05) is 12.0 Å². The largest absolute Gasteiger partial charge is 0.506 e. The summed E-state index contributed by atoms with van der Waals surface area (Å²) in [5.41, 5.74) is 8.13. The number of nitrogens with zero attached hydrogens (tertiary/aromatic N) is 4. The molecule has 1 aromatic heterocycles. The first-order valence-corrected chi connectivity index (χ1v) is 11.7. The molecule has 190 valence electrons. The third-order valence-electron chi connectivity index (χ3n) is 5.74. The fourth-order valence-corrected chi connectivity index (χ4v) is 3.83. The molecule has 2 aromatic carbocycles. The lowest BCUT2D eigenvalue weighted by atomic mass is 10.0. The number of ether oxygens (including phenoxy) is 1. The molecular formula is C26H31N5O5. The van der Waals surface area contributed by atoms with Gasteiger partial charge in [-0.2, -0.15) is 0 Å². The average molecular weight is 494 g/mol. The summed E-state index contributed by atoms with van der Waals surface area (Å²) in [6.45, 7) is 5.57. The monoisotopic (exact) mass is 493 g/mol. The number of methoxy groups -OCH3 is 1. The summed E-state index contributed by atoms with van der Waals surface area (Å²) < 4.78 is 4.88. The average Bonchev–Trinajstić information content (AvgIpc) is 3.31. The first kappa shape index (κ1) is 26.6. The van der Waals surface area contributed by atoms with Crippen molar-refractivity contribution in [3.63, 3.8) is 0 Å². The zero-order valence-corrected chi connectivity index (χ0v) is 20.5. The van der Waals surface area contributed by atoms with Gasteiger partial charge in [-0.15, -0.1) is 15.0 Å². The van der Waals surface area contributed by atoms with E-state index in [9.17, 15) is 19.5 Å². The number of phenolic OH excluding ortho intramolecular Hbond substituents is 1. The molecule has 3 N–H and O–H groups in total. The number of hydrogen-bond donors (Lipinski definition) is 2. The minimum Gasteiger partial charge on any atom is -0.506 e. The molecular weight excluding hydrogens is 462 g/mol. The molecule has 0 spiro atoms. The molecule has 10 heteroatoms. The SMILES string of the molecule is C=C(C)C(=O)N(C(=O)CCc1ccc(O)c(-n2nc3ccccc3n2)c1)[C@@H](CCCCN)C(=O)OC. The number of unbranched alkanes of at least 4 members (excludes halogenated alkanes) is 1. The third kappa shape index (κ3) is 6.14. The van der Waals surface area contributed by atoms with Crippen molar-refractivity contribution in [2.24, 2.45) is 5.73 Å². The van der Waals surface area contributed by atoms with Gasteiger partial charge in [-0.25, -0.2) is 4.79 Å². The zero-order chi connectivity index (χ0) is 26.2. The van der Waals surface area contributed by atoms with Crippen LogP contribution in [0.1, 0.15) is 38.2 Å². The molecule has 0 fully saturated rings. The summed E-state index contributed by atoms with van der Waals surface area (Å²) in [6, 6.07) is 11.1. The lowest BCUT2D eigenvalue weighted by Gasteiger charge is -2.28. The molecule has 3 aromatic rings. The second-order valence-corrected chi connectivity index (χ2v) is 8.47. The minimum atomic E-state index is -1.06. The zero-order valence-electron chi connectivity index (χ0n) is 20.5. The highest BCUT2D eigenvalue weighted by molar-refractivity contribution is 6.06. The number of rotatable bonds is 11. The van der Waals surface area contributed by atoms with E-state index in [0.29, 0.717) is 36.1 Å². The van der Waals surface area contributed by atoms with E-state index in [1.165, 1.54) is 24.9 Å². The molecule has 3 rings (SSSR count). The molecule has 0 aliphatic carbocycles. The van der Waals surface area contributed by atoms with E-state index in [4.69, 9.17) is 10.5 Å². The van der Waals surface area contributed by atoms with Gasteiger partial charge < -0.3 is 15.6 Å². The molecule has 10 nitrogen and oxygen atoms in total. The van der Waals surface area contributed by atoms with E-state index >= 15 is 0 Å². The number of amides is 2. The van der Waals surface area contributed by atoms with Crippen LogP contribution in [0.15, 0.2) is 54.6 Å². The molecule has 0 aliphatic rings. The van der Waals surface area contributed by atoms with E-state index in [1.54, 1.807) is 12.1 Å². The topological polar surface area (TPSA) is 141 Å². The summed E-state index contributed by atoms with van der Waals surface area (Å²) in [5, 5.41) is 19.2. The number of hydrogen-bond acceptors (Lipinski definition) is 8. The summed E-state index contributed by atoms with van der Waals surface area (Å²) in [7, 11) is 1.22. The number of aromatic nitrogens is 3. The fourth-order valence-electron chi connectivity index (χ4n) is 3.83. The van der Waals surface area contributed by atoms with E-state index in [0.717, 1.165) is 10.5 Å². The van der Waals surface area contributed by atoms with Crippen molar-refractivity contribution in [1.82, 2.24) is 19.9 Å². The van der Waals surface area contributed by atoms with Crippen LogP contribution in [0.4, 0.5) is 0 Å². The minimum absolute atomic E-state index is 0.0184. The van der Waals surface area contributed by atoms with Crippen LogP contribution in [0.25, 0.3) is 16.7 Å². The van der Waals surface area contributed by atoms with E-state index in [-0.39, 0.29) is 30.6 Å². The first-order valence-electron chi connectivity index (χ1n) is 11.7. The van der Waals surface area contributed by atoms with Gasteiger partial charge in [0.15, 0.2) is 0 Å². The Morgan fingerprint density at radius 3 is 2.39 bits per heavy atom. The second kappa shape index (κ2) is 12.1. The van der Waals surface area contributed by atoms with Crippen molar-refractivity contribution in [3.05, 3.63) is 60.2 Å². The lowest BCUT2D eigenvalue weighted by molar-refractivity contribution is -0.158. The molecule has 0 radical (unpaired) electrons. The van der Waals surface area contributed by atoms with Gasteiger partial charge in [-0.05, 0) is 69.0 Å². The normalized spacial score (nSPS) is 11.8. The number of imide groups is 1. The highest BCUT2D eigenvalue weighted by Crippen LogP contribution is 2.24. The van der Waals surface area contributed by atoms with Crippen LogP contribution in [0.3, 0.4) is 0 Å². The Morgan fingerprint density at radius 2 is 1.81 bits per heavy atom. The third-order valence-corrected chi connectivity index (χ3v) is 5.74. The Labute approximate surface area is 209 Å². The quantitative estimate of drug-likeness (QED) is 0.236. The number of esters is 1. The summed E-state index contributed by atoms with van der Waals surface area (Å²) in [5.74, 6) is -1.83. The molecule has 1 atom stereocenters. The van der Waals surface area contributed by atoms with Crippen molar-refractivity contribution < 1.29 is 24.2 Å². The highest BCUT2D eigenvalue weighted by atomic mass is 16.5. The summed E-state index contributed by atoms with van der Waals surface area (Å²) in [6.07, 6.45) is 1.64. The number of fused-ring (bicyclic) bond motifs is 1. The summed E-state index contributed by atoms with van der Waals surface area (Å²) in [4.78, 5) is 40.9. The van der Waals surface area contributed by atoms with Crippen molar-refractivity contribution >= 4 is 28.8 Å². The molecule has 0 saturated heterocycles. The number of aromatic hydroxyl groups is 1. The van der Waals surface area contributed by atoms with Gasteiger partial charge in [-0.3, -0.25) is 14.5 Å². The standard InChI is InChI=1S/C26H31N5O5/c1-17(2)25(34)30(21(26(35)36-3)10-6-7-15-27)24(33)14-12-18-11-13-23(32)22(16-18)31-28-19-8-4-5-9-20(19)29-31/h4-5,8-9,11,13,16,21,32H,1,6-7,10,12,14-15,27H2,2-3H3/t21-/m0/s1. The molecule has 2 amide bonds. The Kier molecular flexibility index (Phi) is 8.91. The lowest BCUT2D eigenvalue weighted by Crippen LogP contribution is -2.49. The molecule has 0 saturated carbocycles. The highest BCUT2D eigenvalue weighted by Gasteiger charge is 2.35. The predicted molar refractivity (Wildman–Crippen MR) is 134 cm³/mol. The van der Waals surface area contributed by atoms with Crippen LogP contribution in [0.5, 0.6) is 5.75 Å². The molecule has 0 unspecified atom stereocenters. The number of carbonyl (C=O) groups is 3. The maximum absolute atomic E-state index is 13.2. The molecule has 1 heterocycles. The van der Waals surface area contributed by atoms with Gasteiger partial charge >= 0.3 is 5.97 Å². The van der Waals surface area contributed by atoms with Crippen molar-refractivity contribution in [1.29, 1.82) is 0 Å². The molecule has 0 bridgehead atoms. The Hall–Kier alpha value is -4.05. The van der Waals surface area contributed by atoms with Gasteiger partial charge in [0.2, 0.25) is 5.91 Å².